The Bertz CT molecular complexity index is 956. The van der Waals surface area contributed by atoms with Gasteiger partial charge in [0.15, 0.2) is 11.7 Å². The first-order valence-corrected chi connectivity index (χ1v) is 11.0. The Labute approximate surface area is 200 Å². The first-order chi connectivity index (χ1) is 15.3. The fourth-order valence-corrected chi connectivity index (χ4v) is 2.87. The lowest BCUT2D eigenvalue weighted by molar-refractivity contribution is -0.144. The van der Waals surface area contributed by atoms with Gasteiger partial charge in [0.2, 0.25) is 5.91 Å². The maximum absolute atomic E-state index is 11.9. The molecule has 0 unspecified atom stereocenters. The quantitative estimate of drug-likeness (QED) is 0.264. The fourth-order valence-electron chi connectivity index (χ4n) is 2.45. The lowest BCUT2D eigenvalue weighted by Gasteiger charge is -2.12. The van der Waals surface area contributed by atoms with Crippen molar-refractivity contribution in [3.8, 4) is 5.75 Å². The highest BCUT2D eigenvalue weighted by Gasteiger charge is 2.10. The van der Waals surface area contributed by atoms with E-state index in [-0.39, 0.29) is 31.2 Å². The number of esters is 1. The van der Waals surface area contributed by atoms with Crippen molar-refractivity contribution in [3.63, 3.8) is 0 Å². The molecule has 0 atom stereocenters. The van der Waals surface area contributed by atoms with Crippen molar-refractivity contribution in [1.29, 1.82) is 0 Å². The van der Waals surface area contributed by atoms with E-state index >= 15 is 0 Å². The number of rotatable bonds is 9. The summed E-state index contributed by atoms with van der Waals surface area (Å²) in [5.74, 6) is -0.876. The van der Waals surface area contributed by atoms with E-state index in [1.54, 1.807) is 12.1 Å². The van der Waals surface area contributed by atoms with Crippen LogP contribution in [0.2, 0.25) is 0 Å². The average Bonchev–Trinajstić information content (AvgIpc) is 2.78. The summed E-state index contributed by atoms with van der Waals surface area (Å²) < 4.78 is 11.4. The molecule has 8 nitrogen and oxygen atoms in total. The number of hydrazine groups is 1. The molecule has 0 aliphatic carbocycles. The van der Waals surface area contributed by atoms with Crippen molar-refractivity contribution in [1.82, 2.24) is 16.2 Å². The molecule has 0 spiro atoms. The molecule has 2 aromatic carbocycles. The number of carbonyl (C=O) groups is 3. The van der Waals surface area contributed by atoms with Crippen LogP contribution < -0.4 is 20.9 Å². The highest BCUT2D eigenvalue weighted by Crippen LogP contribution is 2.21. The molecule has 0 saturated carbocycles. The Hall–Kier alpha value is -2.98. The topological polar surface area (TPSA) is 106 Å². The van der Waals surface area contributed by atoms with Crippen LogP contribution in [0.25, 0.3) is 0 Å². The lowest BCUT2D eigenvalue weighted by atomic mass is 10.2. The summed E-state index contributed by atoms with van der Waals surface area (Å²) in [4.78, 5) is 35.5. The van der Waals surface area contributed by atoms with Crippen LogP contribution in [0, 0.1) is 6.92 Å². The Morgan fingerprint density at radius 2 is 1.75 bits per heavy atom. The van der Waals surface area contributed by atoms with Gasteiger partial charge in [0.1, 0.15) is 5.75 Å². The molecule has 0 radical (unpaired) electrons. The summed E-state index contributed by atoms with van der Waals surface area (Å²) >= 11 is 8.33. The summed E-state index contributed by atoms with van der Waals surface area (Å²) in [6, 6.07) is 15.0. The van der Waals surface area contributed by atoms with Gasteiger partial charge in [-0.25, -0.2) is 0 Å². The Morgan fingerprint density at radius 1 is 1.00 bits per heavy atom. The minimum Gasteiger partial charge on any atom is -0.484 e. The number of ether oxygens (including phenoxy) is 2. The van der Waals surface area contributed by atoms with Crippen LogP contribution in [0.15, 0.2) is 53.0 Å². The molecule has 0 heterocycles. The maximum Gasteiger partial charge on any atom is 0.306 e. The lowest BCUT2D eigenvalue weighted by Crippen LogP contribution is -2.49. The fraction of sp³-hybridized carbons (Fsp3) is 0.273. The zero-order chi connectivity index (χ0) is 23.3. The zero-order valence-corrected chi connectivity index (χ0v) is 19.9. The van der Waals surface area contributed by atoms with E-state index in [1.807, 2.05) is 43.3 Å². The van der Waals surface area contributed by atoms with Crippen molar-refractivity contribution in [2.75, 3.05) is 13.2 Å². The van der Waals surface area contributed by atoms with E-state index in [9.17, 15) is 14.4 Å². The van der Waals surface area contributed by atoms with E-state index < -0.39 is 17.8 Å². The predicted molar refractivity (Wildman–Crippen MR) is 127 cm³/mol. The van der Waals surface area contributed by atoms with Crippen molar-refractivity contribution in [2.45, 2.75) is 26.2 Å². The minimum absolute atomic E-state index is 0.0734. The number of amides is 2. The highest BCUT2D eigenvalue weighted by molar-refractivity contribution is 9.10. The summed E-state index contributed by atoms with van der Waals surface area (Å²) in [6.07, 6.45) is 0.444. The number of hydrogen-bond donors (Lipinski definition) is 3. The van der Waals surface area contributed by atoms with Crippen LogP contribution in [0.1, 0.15) is 24.0 Å². The smallest absolute Gasteiger partial charge is 0.306 e. The van der Waals surface area contributed by atoms with Crippen molar-refractivity contribution in [3.05, 3.63) is 64.1 Å². The van der Waals surface area contributed by atoms with E-state index in [4.69, 9.17) is 21.7 Å². The number of carbonyl (C=O) groups excluding carboxylic acids is 3. The largest absolute Gasteiger partial charge is 0.484 e. The Kier molecular flexibility index (Phi) is 10.6. The molecule has 170 valence electrons. The molecule has 2 rings (SSSR count). The molecular formula is C22H24BrN3O5S. The summed E-state index contributed by atoms with van der Waals surface area (Å²) in [5.41, 5.74) is 6.77. The van der Waals surface area contributed by atoms with Gasteiger partial charge in [-0.05, 0) is 48.5 Å². The number of hydrogen-bond acceptors (Lipinski definition) is 6. The van der Waals surface area contributed by atoms with Gasteiger partial charge in [-0.15, -0.1) is 0 Å². The van der Waals surface area contributed by atoms with E-state index in [2.05, 4.69) is 32.1 Å². The molecule has 2 aromatic rings. The van der Waals surface area contributed by atoms with Gasteiger partial charge >= 0.3 is 5.97 Å². The molecule has 0 aliphatic rings. The molecule has 32 heavy (non-hydrogen) atoms. The SMILES string of the molecule is Cc1cc(OCC(=O)NNC(=S)NC(=O)CCC(=O)OCCc2ccccc2)ccc1Br. The van der Waals surface area contributed by atoms with Crippen LogP contribution in [-0.4, -0.2) is 36.1 Å². The van der Waals surface area contributed by atoms with Gasteiger partial charge in [0.25, 0.3) is 5.91 Å². The summed E-state index contributed by atoms with van der Waals surface area (Å²) in [6.45, 7) is 1.92. The van der Waals surface area contributed by atoms with E-state index in [1.165, 1.54) is 0 Å². The first-order valence-electron chi connectivity index (χ1n) is 9.80. The van der Waals surface area contributed by atoms with Crippen LogP contribution >= 0.6 is 28.1 Å². The third-order valence-electron chi connectivity index (χ3n) is 4.12. The van der Waals surface area contributed by atoms with E-state index in [0.717, 1.165) is 15.6 Å². The Morgan fingerprint density at radius 3 is 2.47 bits per heavy atom. The van der Waals surface area contributed by atoms with E-state index in [0.29, 0.717) is 12.2 Å². The zero-order valence-electron chi connectivity index (χ0n) is 17.5. The molecule has 0 bridgehead atoms. The third-order valence-corrected chi connectivity index (χ3v) is 5.21. The third kappa shape index (κ3) is 9.88. The maximum atomic E-state index is 11.9. The van der Waals surface area contributed by atoms with Crippen LogP contribution in [0.3, 0.4) is 0 Å². The second-order valence-corrected chi connectivity index (χ2v) is 7.97. The summed E-state index contributed by atoms with van der Waals surface area (Å²) in [5, 5.41) is 2.28. The molecule has 3 N–H and O–H groups in total. The average molecular weight is 522 g/mol. The number of benzene rings is 2. The van der Waals surface area contributed by atoms with Crippen LogP contribution in [0.5, 0.6) is 5.75 Å². The standard InChI is InChI=1S/C22H24BrN3O5S/c1-15-13-17(7-8-18(15)23)31-14-20(28)25-26-22(32)24-19(27)9-10-21(29)30-12-11-16-5-3-2-4-6-16/h2-8,13H,9-12,14H2,1H3,(H,25,28)(H2,24,26,27,32). The van der Waals surface area contributed by atoms with Crippen LogP contribution in [-0.2, 0) is 25.5 Å². The van der Waals surface area contributed by atoms with Gasteiger partial charge in [-0.3, -0.25) is 25.2 Å². The number of aryl methyl sites for hydroxylation is 1. The minimum atomic E-state index is -0.482. The Balaban J connectivity index is 1.56. The van der Waals surface area contributed by atoms with Gasteiger partial charge in [0.05, 0.1) is 13.0 Å². The number of halogens is 1. The van der Waals surface area contributed by atoms with Crippen molar-refractivity contribution >= 4 is 51.0 Å². The molecular weight excluding hydrogens is 498 g/mol. The van der Waals surface area contributed by atoms with Gasteiger partial charge in [0, 0.05) is 17.3 Å². The predicted octanol–water partition coefficient (Wildman–Crippen LogP) is 2.72. The second-order valence-electron chi connectivity index (χ2n) is 6.71. The number of thiocarbonyl (C=S) groups is 1. The number of nitrogens with one attached hydrogen (secondary N) is 3. The van der Waals surface area contributed by atoms with Crippen molar-refractivity contribution in [2.24, 2.45) is 0 Å². The van der Waals surface area contributed by atoms with Gasteiger partial charge < -0.3 is 14.8 Å². The second kappa shape index (κ2) is 13.4. The van der Waals surface area contributed by atoms with Gasteiger partial charge in [-0.1, -0.05) is 46.3 Å². The molecule has 0 aromatic heterocycles. The molecule has 0 aliphatic heterocycles. The monoisotopic (exact) mass is 521 g/mol. The highest BCUT2D eigenvalue weighted by atomic mass is 79.9. The molecule has 10 heteroatoms. The molecule has 2 amide bonds. The molecule has 0 saturated heterocycles. The first kappa shape index (κ1) is 25.3. The van der Waals surface area contributed by atoms with Crippen LogP contribution in [0.4, 0.5) is 0 Å². The molecule has 0 fully saturated rings. The normalized spacial score (nSPS) is 10.1. The van der Waals surface area contributed by atoms with Gasteiger partial charge in [-0.2, -0.15) is 0 Å². The van der Waals surface area contributed by atoms with Crippen molar-refractivity contribution < 1.29 is 23.9 Å². The summed E-state index contributed by atoms with van der Waals surface area (Å²) in [7, 11) is 0.